The lowest BCUT2D eigenvalue weighted by atomic mass is 10.2. The average Bonchev–Trinajstić information content (AvgIpc) is 2.39. The summed E-state index contributed by atoms with van der Waals surface area (Å²) in [5, 5.41) is 4.25. The molecule has 106 valence electrons. The molecule has 0 saturated carbocycles. The third kappa shape index (κ3) is 4.55. The Kier molecular flexibility index (Phi) is 5.53. The van der Waals surface area contributed by atoms with Gasteiger partial charge in [-0.3, -0.25) is 0 Å². The molecule has 0 saturated heterocycles. The largest absolute Gasteiger partial charge is 0.310 e. The Morgan fingerprint density at radius 1 is 1.15 bits per heavy atom. The van der Waals surface area contributed by atoms with Crippen molar-refractivity contribution in [3.05, 3.63) is 58.6 Å². The van der Waals surface area contributed by atoms with E-state index in [1.54, 1.807) is 11.8 Å². The smallest absolute Gasteiger partial charge is 0.0410 e. The number of aryl methyl sites for hydroxylation is 1. The summed E-state index contributed by atoms with van der Waals surface area (Å²) in [7, 11) is 0. The van der Waals surface area contributed by atoms with E-state index in [1.807, 2.05) is 6.07 Å². The van der Waals surface area contributed by atoms with Crippen molar-refractivity contribution in [2.45, 2.75) is 43.1 Å². The molecule has 0 bridgehead atoms. The van der Waals surface area contributed by atoms with Crippen molar-refractivity contribution in [3.63, 3.8) is 0 Å². The molecular weight excluding hydrogens is 286 g/mol. The van der Waals surface area contributed by atoms with E-state index in [-0.39, 0.29) is 0 Å². The third-order valence-electron chi connectivity index (χ3n) is 2.94. The van der Waals surface area contributed by atoms with Crippen LogP contribution in [0.15, 0.2) is 52.3 Å². The predicted octanol–water partition coefficient (Wildman–Crippen LogP) is 5.30. The average molecular weight is 306 g/mol. The maximum atomic E-state index is 6.12. The first-order chi connectivity index (χ1) is 9.54. The van der Waals surface area contributed by atoms with Crippen LogP contribution in [0.2, 0.25) is 5.02 Å². The van der Waals surface area contributed by atoms with Crippen molar-refractivity contribution in [2.24, 2.45) is 0 Å². The summed E-state index contributed by atoms with van der Waals surface area (Å²) in [6.07, 6.45) is 0. The maximum absolute atomic E-state index is 6.12. The Bertz CT molecular complexity index is 581. The monoisotopic (exact) mass is 305 g/mol. The lowest BCUT2D eigenvalue weighted by Crippen LogP contribution is -2.22. The quantitative estimate of drug-likeness (QED) is 0.804. The van der Waals surface area contributed by atoms with Crippen molar-refractivity contribution in [3.8, 4) is 0 Å². The summed E-state index contributed by atoms with van der Waals surface area (Å²) in [6.45, 7) is 7.26. The molecule has 2 rings (SSSR count). The maximum Gasteiger partial charge on any atom is 0.0410 e. The first-order valence-corrected chi connectivity index (χ1v) is 8.00. The number of benzene rings is 2. The zero-order valence-electron chi connectivity index (χ0n) is 12.1. The summed E-state index contributed by atoms with van der Waals surface area (Å²) in [5.74, 6) is 0. The normalized spacial score (nSPS) is 11.1. The van der Waals surface area contributed by atoms with E-state index in [2.05, 4.69) is 62.5 Å². The van der Waals surface area contributed by atoms with E-state index in [4.69, 9.17) is 11.6 Å². The minimum atomic E-state index is 0.464. The van der Waals surface area contributed by atoms with Crippen molar-refractivity contribution >= 4 is 23.4 Å². The van der Waals surface area contributed by atoms with Crippen LogP contribution < -0.4 is 5.32 Å². The zero-order chi connectivity index (χ0) is 14.5. The Labute approximate surface area is 130 Å². The Balaban J connectivity index is 2.21. The van der Waals surface area contributed by atoms with Crippen molar-refractivity contribution in [1.29, 1.82) is 0 Å². The highest BCUT2D eigenvalue weighted by molar-refractivity contribution is 7.99. The number of halogens is 1. The number of hydrogen-bond donors (Lipinski definition) is 1. The molecule has 20 heavy (non-hydrogen) atoms. The molecule has 0 aromatic heterocycles. The van der Waals surface area contributed by atoms with E-state index >= 15 is 0 Å². The van der Waals surface area contributed by atoms with Crippen molar-refractivity contribution in [2.75, 3.05) is 0 Å². The van der Waals surface area contributed by atoms with Gasteiger partial charge in [0.1, 0.15) is 0 Å². The van der Waals surface area contributed by atoms with Gasteiger partial charge in [-0.1, -0.05) is 54.9 Å². The highest BCUT2D eigenvalue weighted by atomic mass is 35.5. The molecule has 0 radical (unpaired) electrons. The zero-order valence-corrected chi connectivity index (χ0v) is 13.7. The van der Waals surface area contributed by atoms with Gasteiger partial charge in [-0.2, -0.15) is 0 Å². The van der Waals surface area contributed by atoms with E-state index in [1.165, 1.54) is 20.9 Å². The van der Waals surface area contributed by atoms with Gasteiger partial charge in [-0.05, 0) is 42.8 Å². The van der Waals surface area contributed by atoms with Crippen molar-refractivity contribution < 1.29 is 0 Å². The predicted molar refractivity (Wildman–Crippen MR) is 88.7 cm³/mol. The fourth-order valence-corrected chi connectivity index (χ4v) is 3.14. The van der Waals surface area contributed by atoms with Crippen molar-refractivity contribution in [1.82, 2.24) is 5.32 Å². The minimum Gasteiger partial charge on any atom is -0.310 e. The van der Waals surface area contributed by atoms with Crippen LogP contribution in [0.25, 0.3) is 0 Å². The van der Waals surface area contributed by atoms with Gasteiger partial charge in [0, 0.05) is 27.4 Å². The molecule has 0 fully saturated rings. The van der Waals surface area contributed by atoms with Crippen LogP contribution in [-0.2, 0) is 6.54 Å². The van der Waals surface area contributed by atoms with Crippen LogP contribution >= 0.6 is 23.4 Å². The second-order valence-corrected chi connectivity index (χ2v) is 6.76. The Hall–Kier alpha value is -0.960. The standard InChI is InChI=1S/C17H20ClNS/c1-12(2)19-11-14-10-15(18)7-8-17(14)20-16-6-4-5-13(3)9-16/h4-10,12,19H,11H2,1-3H3. The van der Waals surface area contributed by atoms with Crippen LogP contribution in [0.5, 0.6) is 0 Å². The molecule has 2 aromatic carbocycles. The summed E-state index contributed by atoms with van der Waals surface area (Å²) in [5.41, 5.74) is 2.53. The van der Waals surface area contributed by atoms with Gasteiger partial charge in [0.25, 0.3) is 0 Å². The molecule has 0 amide bonds. The second kappa shape index (κ2) is 7.16. The minimum absolute atomic E-state index is 0.464. The fraction of sp³-hybridized carbons (Fsp3) is 0.294. The van der Waals surface area contributed by atoms with Gasteiger partial charge in [0.15, 0.2) is 0 Å². The number of rotatable bonds is 5. The topological polar surface area (TPSA) is 12.0 Å². The van der Waals surface area contributed by atoms with E-state index in [9.17, 15) is 0 Å². The molecular formula is C17H20ClNS. The van der Waals surface area contributed by atoms with Crippen LogP contribution in [-0.4, -0.2) is 6.04 Å². The lowest BCUT2D eigenvalue weighted by Gasteiger charge is -2.13. The number of hydrogen-bond acceptors (Lipinski definition) is 2. The highest BCUT2D eigenvalue weighted by Crippen LogP contribution is 2.32. The van der Waals surface area contributed by atoms with Gasteiger partial charge >= 0.3 is 0 Å². The fourth-order valence-electron chi connectivity index (χ4n) is 1.91. The van der Waals surface area contributed by atoms with Gasteiger partial charge in [-0.15, -0.1) is 0 Å². The molecule has 2 aromatic rings. The summed E-state index contributed by atoms with van der Waals surface area (Å²) >= 11 is 7.91. The Morgan fingerprint density at radius 2 is 1.95 bits per heavy atom. The molecule has 0 atom stereocenters. The summed E-state index contributed by atoms with van der Waals surface area (Å²) in [6, 6.07) is 15.1. The molecule has 1 nitrogen and oxygen atoms in total. The number of nitrogens with one attached hydrogen (secondary N) is 1. The van der Waals surface area contributed by atoms with E-state index < -0.39 is 0 Å². The molecule has 0 heterocycles. The summed E-state index contributed by atoms with van der Waals surface area (Å²) in [4.78, 5) is 2.52. The molecule has 3 heteroatoms. The van der Waals surface area contributed by atoms with Crippen LogP contribution in [0.1, 0.15) is 25.0 Å². The van der Waals surface area contributed by atoms with Crippen LogP contribution in [0, 0.1) is 6.92 Å². The van der Waals surface area contributed by atoms with Gasteiger partial charge in [-0.25, -0.2) is 0 Å². The van der Waals surface area contributed by atoms with Crippen LogP contribution in [0.4, 0.5) is 0 Å². The molecule has 0 spiro atoms. The van der Waals surface area contributed by atoms with Gasteiger partial charge < -0.3 is 5.32 Å². The molecule has 0 aliphatic rings. The molecule has 0 unspecified atom stereocenters. The first kappa shape index (κ1) is 15.4. The second-order valence-electron chi connectivity index (χ2n) is 5.21. The SMILES string of the molecule is Cc1cccc(Sc2ccc(Cl)cc2CNC(C)C)c1. The first-order valence-electron chi connectivity index (χ1n) is 6.81. The molecule has 0 aliphatic heterocycles. The Morgan fingerprint density at radius 3 is 2.65 bits per heavy atom. The molecule has 1 N–H and O–H groups in total. The van der Waals surface area contributed by atoms with Gasteiger partial charge in [0.05, 0.1) is 0 Å². The van der Waals surface area contributed by atoms with E-state index in [0.29, 0.717) is 6.04 Å². The van der Waals surface area contributed by atoms with Gasteiger partial charge in [0.2, 0.25) is 0 Å². The van der Waals surface area contributed by atoms with E-state index in [0.717, 1.165) is 11.6 Å². The highest BCUT2D eigenvalue weighted by Gasteiger charge is 2.06. The third-order valence-corrected chi connectivity index (χ3v) is 4.28. The van der Waals surface area contributed by atoms with Crippen LogP contribution in [0.3, 0.4) is 0 Å². The lowest BCUT2D eigenvalue weighted by molar-refractivity contribution is 0.585. The summed E-state index contributed by atoms with van der Waals surface area (Å²) < 4.78 is 0. The molecule has 0 aliphatic carbocycles.